The maximum absolute atomic E-state index is 12.3. The van der Waals surface area contributed by atoms with Crippen LogP contribution in [0, 0.1) is 0 Å². The second kappa shape index (κ2) is 9.77. The summed E-state index contributed by atoms with van der Waals surface area (Å²) in [5.41, 5.74) is 3.75. The van der Waals surface area contributed by atoms with Gasteiger partial charge in [-0.3, -0.25) is 4.79 Å². The number of amides is 1. The molecule has 0 saturated heterocycles. The van der Waals surface area contributed by atoms with Crippen molar-refractivity contribution in [2.45, 2.75) is 6.36 Å². The maximum atomic E-state index is 12.3. The average Bonchev–Trinajstić information content (AvgIpc) is 2.78. The van der Waals surface area contributed by atoms with Crippen molar-refractivity contribution in [2.24, 2.45) is 5.10 Å². The monoisotopic (exact) mass is 446 g/mol. The van der Waals surface area contributed by atoms with E-state index in [4.69, 9.17) is 9.47 Å². The Morgan fingerprint density at radius 2 is 1.66 bits per heavy atom. The first kappa shape index (κ1) is 22.5. The van der Waals surface area contributed by atoms with Crippen molar-refractivity contribution >= 4 is 12.1 Å². The van der Waals surface area contributed by atoms with Crippen LogP contribution < -0.4 is 19.6 Å². The molecule has 0 aliphatic heterocycles. The number of ether oxygens (including phenoxy) is 3. The first-order chi connectivity index (χ1) is 15.3. The number of hydrogen-bond acceptors (Lipinski definition) is 7. The lowest BCUT2D eigenvalue weighted by Gasteiger charge is -2.09. The van der Waals surface area contributed by atoms with Gasteiger partial charge in [-0.1, -0.05) is 0 Å². The Hall–Kier alpha value is -4.15. The molecule has 0 saturated carbocycles. The van der Waals surface area contributed by atoms with Crippen molar-refractivity contribution in [3.8, 4) is 28.5 Å². The molecule has 0 aliphatic carbocycles. The summed E-state index contributed by atoms with van der Waals surface area (Å²) in [6, 6.07) is 11.7. The molecular weight excluding hydrogens is 429 g/mol. The molecule has 32 heavy (non-hydrogen) atoms. The van der Waals surface area contributed by atoms with Gasteiger partial charge in [-0.05, 0) is 42.5 Å². The predicted molar refractivity (Wildman–Crippen MR) is 109 cm³/mol. The van der Waals surface area contributed by atoms with Crippen LogP contribution in [0.25, 0.3) is 11.3 Å². The molecule has 1 amide bonds. The van der Waals surface area contributed by atoms with Gasteiger partial charge >= 0.3 is 12.3 Å². The maximum Gasteiger partial charge on any atom is 0.573 e. The quantitative estimate of drug-likeness (QED) is 0.438. The van der Waals surface area contributed by atoms with Crippen molar-refractivity contribution in [1.82, 2.24) is 15.4 Å². The van der Waals surface area contributed by atoms with Crippen molar-refractivity contribution in [3.63, 3.8) is 0 Å². The molecule has 166 valence electrons. The molecule has 1 heterocycles. The molecule has 0 spiro atoms. The fourth-order valence-corrected chi connectivity index (χ4v) is 2.58. The Balaban J connectivity index is 1.70. The molecular formula is C21H17F3N4O4. The molecule has 1 N–H and O–H groups in total. The molecule has 3 aromatic rings. The van der Waals surface area contributed by atoms with Crippen LogP contribution in [-0.4, -0.2) is 42.7 Å². The highest BCUT2D eigenvalue weighted by Crippen LogP contribution is 2.25. The summed E-state index contributed by atoms with van der Waals surface area (Å²) in [6.07, 6.45) is -2.03. The van der Waals surface area contributed by atoms with Crippen molar-refractivity contribution in [2.75, 3.05) is 14.2 Å². The lowest BCUT2D eigenvalue weighted by Crippen LogP contribution is -2.20. The first-order valence-electron chi connectivity index (χ1n) is 9.03. The minimum atomic E-state index is -4.78. The van der Waals surface area contributed by atoms with Gasteiger partial charge in [0.05, 0.1) is 26.1 Å². The van der Waals surface area contributed by atoms with Crippen LogP contribution in [0.4, 0.5) is 13.2 Å². The van der Waals surface area contributed by atoms with Gasteiger partial charge in [-0.15, -0.1) is 13.2 Å². The molecule has 2 aromatic carbocycles. The molecule has 3 rings (SSSR count). The summed E-state index contributed by atoms with van der Waals surface area (Å²) in [4.78, 5) is 20.4. The van der Waals surface area contributed by atoms with Crippen LogP contribution in [0.3, 0.4) is 0 Å². The lowest BCUT2D eigenvalue weighted by atomic mass is 10.1. The standard InChI is InChI=1S/C21H17F3N4O4/c1-30-16-9-13(10-17(11-16)31-2)12-26-28-20(29)19-25-8-7-18(27-19)14-3-5-15(6-4-14)32-21(22,23)24/h3-12H,1-2H3,(H,28,29). The van der Waals surface area contributed by atoms with E-state index in [0.29, 0.717) is 28.3 Å². The van der Waals surface area contributed by atoms with E-state index in [9.17, 15) is 18.0 Å². The van der Waals surface area contributed by atoms with Crippen molar-refractivity contribution < 1.29 is 32.2 Å². The minimum absolute atomic E-state index is 0.168. The van der Waals surface area contributed by atoms with Crippen LogP contribution in [0.15, 0.2) is 59.8 Å². The summed E-state index contributed by atoms with van der Waals surface area (Å²) in [6.45, 7) is 0. The third kappa shape index (κ3) is 6.17. The van der Waals surface area contributed by atoms with E-state index in [1.165, 1.54) is 44.8 Å². The number of hydrogen-bond donors (Lipinski definition) is 1. The number of alkyl halides is 3. The van der Waals surface area contributed by atoms with Crippen molar-refractivity contribution in [3.05, 3.63) is 66.1 Å². The number of hydrazone groups is 1. The van der Waals surface area contributed by atoms with Crippen LogP contribution in [0.1, 0.15) is 16.2 Å². The predicted octanol–water partition coefficient (Wildman–Crippen LogP) is 3.82. The lowest BCUT2D eigenvalue weighted by molar-refractivity contribution is -0.274. The van der Waals surface area contributed by atoms with E-state index in [2.05, 4.69) is 25.2 Å². The molecule has 0 unspecified atom stereocenters. The van der Waals surface area contributed by atoms with Crippen LogP contribution in [-0.2, 0) is 0 Å². The van der Waals surface area contributed by atoms with Gasteiger partial charge in [0.15, 0.2) is 0 Å². The number of rotatable bonds is 7. The smallest absolute Gasteiger partial charge is 0.497 e. The number of carbonyl (C=O) groups excluding carboxylic acids is 1. The van der Waals surface area contributed by atoms with Gasteiger partial charge < -0.3 is 14.2 Å². The highest BCUT2D eigenvalue weighted by Gasteiger charge is 2.31. The Morgan fingerprint density at radius 1 is 1.00 bits per heavy atom. The summed E-state index contributed by atoms with van der Waals surface area (Å²) in [7, 11) is 3.03. The van der Waals surface area contributed by atoms with Gasteiger partial charge in [0.25, 0.3) is 0 Å². The van der Waals surface area contributed by atoms with Crippen molar-refractivity contribution in [1.29, 1.82) is 0 Å². The Labute approximate surface area is 180 Å². The number of benzene rings is 2. The number of halogens is 3. The SMILES string of the molecule is COc1cc(C=NNC(=O)c2nccc(-c3ccc(OC(F)(F)F)cc3)n2)cc(OC)c1. The second-order valence-electron chi connectivity index (χ2n) is 6.18. The number of carbonyl (C=O) groups is 1. The van der Waals surface area contributed by atoms with Gasteiger partial charge in [-0.2, -0.15) is 5.10 Å². The van der Waals surface area contributed by atoms with E-state index in [1.807, 2.05) is 0 Å². The summed E-state index contributed by atoms with van der Waals surface area (Å²) >= 11 is 0. The molecule has 1 aromatic heterocycles. The molecule has 0 bridgehead atoms. The van der Waals surface area contributed by atoms with E-state index in [1.54, 1.807) is 18.2 Å². The largest absolute Gasteiger partial charge is 0.573 e. The zero-order valence-electron chi connectivity index (χ0n) is 16.9. The number of aromatic nitrogens is 2. The summed E-state index contributed by atoms with van der Waals surface area (Å²) < 4.78 is 51.0. The fourth-order valence-electron chi connectivity index (χ4n) is 2.58. The zero-order chi connectivity index (χ0) is 23.1. The summed E-state index contributed by atoms with van der Waals surface area (Å²) in [5, 5.41) is 3.88. The van der Waals surface area contributed by atoms with E-state index in [-0.39, 0.29) is 11.6 Å². The van der Waals surface area contributed by atoms with E-state index >= 15 is 0 Å². The van der Waals surface area contributed by atoms with Crippen LogP contribution in [0.5, 0.6) is 17.2 Å². The molecule has 0 radical (unpaired) electrons. The van der Waals surface area contributed by atoms with Gasteiger partial charge in [0, 0.05) is 23.4 Å². The Bertz CT molecular complexity index is 1100. The fraction of sp³-hybridized carbons (Fsp3) is 0.143. The first-order valence-corrected chi connectivity index (χ1v) is 9.03. The molecule has 0 aliphatic rings. The molecule has 11 heteroatoms. The highest BCUT2D eigenvalue weighted by molar-refractivity contribution is 5.92. The summed E-state index contributed by atoms with van der Waals surface area (Å²) in [5.74, 6) is -0.0927. The number of nitrogens with one attached hydrogen (secondary N) is 1. The minimum Gasteiger partial charge on any atom is -0.497 e. The van der Waals surface area contributed by atoms with Gasteiger partial charge in [-0.25, -0.2) is 15.4 Å². The number of nitrogens with zero attached hydrogens (tertiary/aromatic N) is 3. The van der Waals surface area contributed by atoms with Crippen LogP contribution in [0.2, 0.25) is 0 Å². The number of methoxy groups -OCH3 is 2. The van der Waals surface area contributed by atoms with E-state index < -0.39 is 12.3 Å². The molecule has 8 nitrogen and oxygen atoms in total. The normalized spacial score (nSPS) is 11.3. The van der Waals surface area contributed by atoms with Crippen LogP contribution >= 0.6 is 0 Å². The average molecular weight is 446 g/mol. The Kier molecular flexibility index (Phi) is 6.88. The van der Waals surface area contributed by atoms with Gasteiger partial charge in [0.2, 0.25) is 5.82 Å². The Morgan fingerprint density at radius 3 is 2.25 bits per heavy atom. The molecule has 0 atom stereocenters. The highest BCUT2D eigenvalue weighted by atomic mass is 19.4. The van der Waals surface area contributed by atoms with E-state index in [0.717, 1.165) is 12.1 Å². The van der Waals surface area contributed by atoms with Gasteiger partial charge in [0.1, 0.15) is 17.2 Å². The zero-order valence-corrected chi connectivity index (χ0v) is 16.9. The third-order valence-corrected chi connectivity index (χ3v) is 4.00. The molecule has 0 fully saturated rings. The second-order valence-corrected chi connectivity index (χ2v) is 6.18. The topological polar surface area (TPSA) is 94.9 Å². The third-order valence-electron chi connectivity index (χ3n) is 4.00.